The lowest BCUT2D eigenvalue weighted by molar-refractivity contribution is -0.384. The molecule has 120 valence electrons. The van der Waals surface area contributed by atoms with Gasteiger partial charge >= 0.3 is 0 Å². The molecular weight excluding hydrogens is 350 g/mol. The lowest BCUT2D eigenvalue weighted by atomic mass is 10.1. The molecule has 1 saturated heterocycles. The van der Waals surface area contributed by atoms with Gasteiger partial charge in [-0.1, -0.05) is 35.9 Å². The molecule has 0 aromatic heterocycles. The standard InChI is InChI=1S/C16H10ClN3O3S/c17-12-6-1-2-7-14(12)19-15(21)13(18-16(19)24)9-10-4-3-5-11(8-10)20(22)23/h1-9H,(H,18,24)/b13-9-. The molecular formula is C16H10ClN3O3S. The third kappa shape index (κ3) is 2.99. The van der Waals surface area contributed by atoms with Gasteiger partial charge in [0, 0.05) is 12.1 Å². The van der Waals surface area contributed by atoms with Crippen LogP contribution >= 0.6 is 23.8 Å². The summed E-state index contributed by atoms with van der Waals surface area (Å²) in [6.07, 6.45) is 1.51. The Labute approximate surface area is 147 Å². The highest BCUT2D eigenvalue weighted by Gasteiger charge is 2.33. The van der Waals surface area contributed by atoms with E-state index < -0.39 is 4.92 Å². The minimum atomic E-state index is -0.493. The number of hydrogen-bond acceptors (Lipinski definition) is 4. The molecule has 1 heterocycles. The second kappa shape index (κ2) is 6.38. The van der Waals surface area contributed by atoms with Crippen molar-refractivity contribution in [3.8, 4) is 0 Å². The van der Waals surface area contributed by atoms with Crippen molar-refractivity contribution in [1.82, 2.24) is 5.32 Å². The zero-order valence-corrected chi connectivity index (χ0v) is 13.7. The highest BCUT2D eigenvalue weighted by atomic mass is 35.5. The van der Waals surface area contributed by atoms with E-state index in [0.717, 1.165) is 0 Å². The van der Waals surface area contributed by atoms with Gasteiger partial charge in [0.25, 0.3) is 11.6 Å². The van der Waals surface area contributed by atoms with E-state index in [9.17, 15) is 14.9 Å². The first-order valence-corrected chi connectivity index (χ1v) is 7.62. The quantitative estimate of drug-likeness (QED) is 0.393. The Kier molecular flexibility index (Phi) is 4.28. The molecule has 1 aliphatic rings. The minimum Gasteiger partial charge on any atom is -0.327 e. The Hall–Kier alpha value is -2.77. The summed E-state index contributed by atoms with van der Waals surface area (Å²) in [7, 11) is 0. The molecule has 1 fully saturated rings. The number of nitro groups is 1. The number of non-ortho nitro benzene ring substituents is 1. The summed E-state index contributed by atoms with van der Waals surface area (Å²) in [6, 6.07) is 12.8. The Morgan fingerprint density at radius 3 is 2.67 bits per heavy atom. The maximum atomic E-state index is 12.6. The van der Waals surface area contributed by atoms with E-state index in [0.29, 0.717) is 16.3 Å². The highest BCUT2D eigenvalue weighted by Crippen LogP contribution is 2.29. The summed E-state index contributed by atoms with van der Waals surface area (Å²) < 4.78 is 0. The van der Waals surface area contributed by atoms with Crippen molar-refractivity contribution in [2.45, 2.75) is 0 Å². The van der Waals surface area contributed by atoms with Crippen LogP contribution in [-0.2, 0) is 4.79 Å². The molecule has 0 bridgehead atoms. The van der Waals surface area contributed by atoms with Crippen LogP contribution in [0.25, 0.3) is 6.08 Å². The lowest BCUT2D eigenvalue weighted by Gasteiger charge is -2.15. The molecule has 0 spiro atoms. The maximum Gasteiger partial charge on any atom is 0.281 e. The summed E-state index contributed by atoms with van der Waals surface area (Å²) in [5, 5.41) is 14.3. The summed E-state index contributed by atoms with van der Waals surface area (Å²) in [4.78, 5) is 24.2. The lowest BCUT2D eigenvalue weighted by Crippen LogP contribution is -2.30. The van der Waals surface area contributed by atoms with Gasteiger partial charge in [-0.2, -0.15) is 0 Å². The molecule has 2 aromatic rings. The summed E-state index contributed by atoms with van der Waals surface area (Å²) >= 11 is 11.3. The van der Waals surface area contributed by atoms with Gasteiger partial charge in [0.2, 0.25) is 0 Å². The third-order valence-electron chi connectivity index (χ3n) is 3.36. The van der Waals surface area contributed by atoms with Crippen molar-refractivity contribution in [2.24, 2.45) is 0 Å². The van der Waals surface area contributed by atoms with E-state index >= 15 is 0 Å². The van der Waals surface area contributed by atoms with Crippen molar-refractivity contribution < 1.29 is 9.72 Å². The topological polar surface area (TPSA) is 75.5 Å². The number of benzene rings is 2. The monoisotopic (exact) mass is 359 g/mol. The first-order chi connectivity index (χ1) is 11.5. The number of carbonyl (C=O) groups excluding carboxylic acids is 1. The van der Waals surface area contributed by atoms with Crippen LogP contribution in [-0.4, -0.2) is 15.9 Å². The van der Waals surface area contributed by atoms with E-state index in [-0.39, 0.29) is 22.4 Å². The number of thiocarbonyl (C=S) groups is 1. The van der Waals surface area contributed by atoms with Crippen LogP contribution in [0.1, 0.15) is 5.56 Å². The summed E-state index contributed by atoms with van der Waals surface area (Å²) in [5.74, 6) is -0.375. The zero-order valence-electron chi connectivity index (χ0n) is 12.1. The van der Waals surface area contributed by atoms with Gasteiger partial charge in [0.05, 0.1) is 15.6 Å². The van der Waals surface area contributed by atoms with E-state index in [1.165, 1.54) is 23.1 Å². The van der Waals surface area contributed by atoms with Gasteiger partial charge in [-0.3, -0.25) is 19.8 Å². The van der Waals surface area contributed by atoms with Crippen LogP contribution in [0.2, 0.25) is 5.02 Å². The van der Waals surface area contributed by atoms with Crippen LogP contribution in [0.15, 0.2) is 54.2 Å². The average Bonchev–Trinajstić information content (AvgIpc) is 2.82. The van der Waals surface area contributed by atoms with E-state index in [1.807, 2.05) is 0 Å². The van der Waals surface area contributed by atoms with Crippen molar-refractivity contribution in [3.63, 3.8) is 0 Å². The molecule has 0 atom stereocenters. The molecule has 0 radical (unpaired) electrons. The van der Waals surface area contributed by atoms with Crippen LogP contribution < -0.4 is 10.2 Å². The molecule has 2 aromatic carbocycles. The first-order valence-electron chi connectivity index (χ1n) is 6.83. The molecule has 8 heteroatoms. The molecule has 3 rings (SSSR count). The number of anilines is 1. The number of nitrogens with one attached hydrogen (secondary N) is 1. The molecule has 0 unspecified atom stereocenters. The largest absolute Gasteiger partial charge is 0.327 e. The molecule has 0 saturated carbocycles. The van der Waals surface area contributed by atoms with Crippen LogP contribution in [0.5, 0.6) is 0 Å². The molecule has 6 nitrogen and oxygen atoms in total. The van der Waals surface area contributed by atoms with Crippen molar-refractivity contribution in [1.29, 1.82) is 0 Å². The number of rotatable bonds is 3. The zero-order chi connectivity index (χ0) is 17.3. The van der Waals surface area contributed by atoms with Crippen LogP contribution in [0.3, 0.4) is 0 Å². The number of para-hydroxylation sites is 1. The maximum absolute atomic E-state index is 12.6. The number of nitro benzene ring substituents is 1. The predicted octanol–water partition coefficient (Wildman–Crippen LogP) is 3.51. The van der Waals surface area contributed by atoms with Gasteiger partial charge in [-0.15, -0.1) is 0 Å². The Bertz CT molecular complexity index is 898. The molecule has 1 amide bonds. The second-order valence-electron chi connectivity index (χ2n) is 4.93. The normalized spacial score (nSPS) is 15.7. The van der Waals surface area contributed by atoms with Gasteiger partial charge in [0.1, 0.15) is 5.70 Å². The Morgan fingerprint density at radius 1 is 1.21 bits per heavy atom. The highest BCUT2D eigenvalue weighted by molar-refractivity contribution is 7.80. The Balaban J connectivity index is 1.96. The Morgan fingerprint density at radius 2 is 1.96 bits per heavy atom. The number of hydrogen-bond donors (Lipinski definition) is 1. The fourth-order valence-electron chi connectivity index (χ4n) is 2.28. The fourth-order valence-corrected chi connectivity index (χ4v) is 2.79. The van der Waals surface area contributed by atoms with Crippen LogP contribution in [0, 0.1) is 10.1 Å². The van der Waals surface area contributed by atoms with Crippen molar-refractivity contribution >= 4 is 52.3 Å². The van der Waals surface area contributed by atoms with Crippen molar-refractivity contribution in [3.05, 3.63) is 74.9 Å². The fraction of sp³-hybridized carbons (Fsp3) is 0. The molecule has 1 N–H and O–H groups in total. The number of nitrogens with zero attached hydrogens (tertiary/aromatic N) is 2. The van der Waals surface area contributed by atoms with Gasteiger partial charge in [-0.05, 0) is 36.0 Å². The second-order valence-corrected chi connectivity index (χ2v) is 5.73. The van der Waals surface area contributed by atoms with Gasteiger partial charge in [0.15, 0.2) is 5.11 Å². The third-order valence-corrected chi connectivity index (χ3v) is 3.97. The number of halogens is 1. The smallest absolute Gasteiger partial charge is 0.281 e. The van der Waals surface area contributed by atoms with Gasteiger partial charge < -0.3 is 5.32 Å². The predicted molar refractivity (Wildman–Crippen MR) is 95.7 cm³/mol. The van der Waals surface area contributed by atoms with Crippen molar-refractivity contribution in [2.75, 3.05) is 4.90 Å². The van der Waals surface area contributed by atoms with E-state index in [4.69, 9.17) is 23.8 Å². The van der Waals surface area contributed by atoms with E-state index in [1.54, 1.807) is 36.4 Å². The molecule has 1 aliphatic heterocycles. The minimum absolute atomic E-state index is 0.0552. The summed E-state index contributed by atoms with van der Waals surface area (Å²) in [6.45, 7) is 0. The first kappa shape index (κ1) is 16.1. The number of carbonyl (C=O) groups is 1. The van der Waals surface area contributed by atoms with Crippen LogP contribution in [0.4, 0.5) is 11.4 Å². The van der Waals surface area contributed by atoms with Gasteiger partial charge in [-0.25, -0.2) is 0 Å². The summed E-state index contributed by atoms with van der Waals surface area (Å²) in [5.41, 5.74) is 1.16. The average molecular weight is 360 g/mol. The molecule has 24 heavy (non-hydrogen) atoms. The SMILES string of the molecule is O=C1/C(=C/c2cccc([N+](=O)[O-])c2)NC(=S)N1c1ccccc1Cl. The number of amides is 1. The van der Waals surface area contributed by atoms with E-state index in [2.05, 4.69) is 5.32 Å². The molecule has 0 aliphatic carbocycles.